The van der Waals surface area contributed by atoms with Gasteiger partial charge in [0.25, 0.3) is 11.9 Å². The molecule has 0 fully saturated rings. The Morgan fingerprint density at radius 2 is 0.639 bits per heavy atom. The van der Waals surface area contributed by atoms with Crippen molar-refractivity contribution in [1.29, 1.82) is 0 Å². The fraction of sp³-hybridized carbons (Fsp3) is 0.365. The summed E-state index contributed by atoms with van der Waals surface area (Å²) in [6.07, 6.45) is -9.46. The van der Waals surface area contributed by atoms with Crippen LogP contribution in [-0.2, 0) is 141 Å². The first-order valence-corrected chi connectivity index (χ1v) is 42.8. The average Bonchev–Trinajstić information content (AvgIpc) is 1.61. The zero-order valence-corrected chi connectivity index (χ0v) is 73.6. The van der Waals surface area contributed by atoms with Crippen molar-refractivity contribution >= 4 is 11.3 Å². The summed E-state index contributed by atoms with van der Waals surface area (Å²) >= 11 is 0. The molecule has 764 valence electrons. The van der Waals surface area contributed by atoms with E-state index in [2.05, 4.69) is 91.5 Å². The van der Waals surface area contributed by atoms with E-state index < -0.39 is 165 Å². The monoisotopic (exact) mass is 2050 g/mol. The maximum Gasteiger partial charge on any atom is 0.452 e. The largest absolute Gasteiger partial charge is 0.452 e. The highest BCUT2D eigenvalue weighted by Crippen LogP contribution is 2.38. The van der Waals surface area contributed by atoms with Crippen molar-refractivity contribution in [2.45, 2.75) is 199 Å². The molecule has 0 bridgehead atoms. The van der Waals surface area contributed by atoms with E-state index >= 15 is 0 Å². The van der Waals surface area contributed by atoms with Crippen molar-refractivity contribution in [2.75, 3.05) is 0 Å². The lowest BCUT2D eigenvalue weighted by molar-refractivity contribution is -0.145. The van der Waals surface area contributed by atoms with Crippen LogP contribution < -0.4 is 28.7 Å². The first-order valence-electron chi connectivity index (χ1n) is 42.8. The van der Waals surface area contributed by atoms with E-state index in [-0.39, 0.29) is 159 Å². The van der Waals surface area contributed by atoms with Gasteiger partial charge in [0.15, 0.2) is 81.2 Å². The fourth-order valence-corrected chi connectivity index (χ4v) is 16.2. The normalized spacial score (nSPS) is 14.3. The molecule has 4 aliphatic rings. The van der Waals surface area contributed by atoms with Gasteiger partial charge in [-0.2, -0.15) is 67.9 Å². The summed E-state index contributed by atoms with van der Waals surface area (Å²) in [5.74, 6) is -16.4. The zero-order valence-electron chi connectivity index (χ0n) is 73.6. The molecule has 5 aromatic carbocycles. The van der Waals surface area contributed by atoms with Crippen molar-refractivity contribution in [3.05, 3.63) is 270 Å². The van der Waals surface area contributed by atoms with Crippen LogP contribution in [0, 0.1) is 94.2 Å². The highest BCUT2D eigenvalue weighted by molar-refractivity contribution is 5.65. The van der Waals surface area contributed by atoms with E-state index in [0.29, 0.717) is 123 Å². The number of hydrogen-bond acceptors (Lipinski definition) is 23. The molecule has 0 unspecified atom stereocenters. The Labute approximate surface area is 792 Å². The van der Waals surface area contributed by atoms with Gasteiger partial charge in [0.05, 0.1) is 6.54 Å². The van der Waals surface area contributed by atoms with Crippen LogP contribution in [0.3, 0.4) is 0 Å². The Kier molecular flexibility index (Phi) is 29.5. The number of nitrogens with zero attached hydrogens (tertiary/aromatic N) is 28. The van der Waals surface area contributed by atoms with Crippen LogP contribution in [0.5, 0.6) is 0 Å². The average molecular weight is 2050 g/mol. The van der Waals surface area contributed by atoms with Crippen molar-refractivity contribution in [3.63, 3.8) is 0 Å². The van der Waals surface area contributed by atoms with Crippen LogP contribution in [-0.4, -0.2) is 168 Å². The van der Waals surface area contributed by atoms with Gasteiger partial charge >= 0.3 is 24.5 Å². The van der Waals surface area contributed by atoms with Gasteiger partial charge in [-0.25, -0.2) is 75.8 Å². The number of fused-ring (bicyclic) bond motifs is 15. The molecule has 59 heteroatoms. The second kappa shape index (κ2) is 41.0. The molecular weight excluding hydrogens is 1980 g/mol. The molecule has 4 aliphatic heterocycles. The Morgan fingerprint density at radius 3 is 1.03 bits per heavy atom. The number of halogens is 26. The Morgan fingerprint density at radius 1 is 0.312 bits per heavy atom. The number of hydrogen-bond donors (Lipinski definition) is 5. The minimum atomic E-state index is -4.70. The van der Waals surface area contributed by atoms with Gasteiger partial charge in [0.2, 0.25) is 22.9 Å². The van der Waals surface area contributed by atoms with Gasteiger partial charge in [0.1, 0.15) is 87.1 Å². The van der Waals surface area contributed by atoms with E-state index in [1.165, 1.54) is 24.6 Å². The lowest BCUT2D eigenvalue weighted by atomic mass is 10.0. The summed E-state index contributed by atoms with van der Waals surface area (Å²) in [6, 6.07) is 4.71. The second-order valence-electron chi connectivity index (χ2n) is 33.5. The summed E-state index contributed by atoms with van der Waals surface area (Å²) in [7, 11) is 0. The third kappa shape index (κ3) is 22.4. The Hall–Kier alpha value is -14.6. The number of rotatable bonds is 21. The Balaban J connectivity index is 0.000000135. The van der Waals surface area contributed by atoms with Gasteiger partial charge in [-0.1, -0.05) is 7.43 Å². The molecule has 0 radical (unpaired) electrons. The minimum Gasteiger partial charge on any atom is -0.327 e. The van der Waals surface area contributed by atoms with Crippen LogP contribution in [0.1, 0.15) is 118 Å². The number of alkyl halides is 11. The topological polar surface area (TPSA) is 410 Å². The summed E-state index contributed by atoms with van der Waals surface area (Å²) in [5.41, 5.74) is 28.1. The lowest BCUT2D eigenvalue weighted by Crippen LogP contribution is -2.29. The summed E-state index contributed by atoms with van der Waals surface area (Å²) < 4.78 is 359. The predicted molar refractivity (Wildman–Crippen MR) is 448 cm³/mol. The smallest absolute Gasteiger partial charge is 0.327 e. The van der Waals surface area contributed by atoms with Crippen LogP contribution in [0.2, 0.25) is 0 Å². The SMILES string of the molecule is C.CC(F)(F)c1nc2n(n1)-c1nnc(C[C@H](N)Cc3cc(F)c(F)cc3F)n1CC2.Cc1nc2n(n1)-c1nnc(C[C@H](N)Cc3cc(F)c(F)cc3F)n1CC2.N[C@H](Cc1cc(F)c(F)cc1F)Cc1nnc2c3nnc(C(F)(F)F)n3ccn12.N[C@H](Cc1cc(F)c(F)cc1F)Cc1nnc2n1CCCn1nc(C(F)(F)F)cc1-2.N[C@H](Cc1cc(F)c(F)cc1F)Cc1nnc2n1CCn1nc(C(F)(F)F)cc1-2. The van der Waals surface area contributed by atoms with Crippen LogP contribution in [0.25, 0.3) is 46.2 Å². The van der Waals surface area contributed by atoms with Gasteiger partial charge in [-0.3, -0.25) is 27.3 Å². The Bertz CT molecular complexity index is 7240. The zero-order chi connectivity index (χ0) is 103. The van der Waals surface area contributed by atoms with E-state index in [1.807, 2.05) is 4.57 Å². The first kappa shape index (κ1) is 104. The molecule has 144 heavy (non-hydrogen) atoms. The molecule has 5 atom stereocenters. The number of aromatic nitrogens is 28. The van der Waals surface area contributed by atoms with Crippen molar-refractivity contribution in [1.82, 2.24) is 137 Å². The molecule has 0 saturated heterocycles. The fourth-order valence-electron chi connectivity index (χ4n) is 16.2. The van der Waals surface area contributed by atoms with Gasteiger partial charge in [0, 0.05) is 158 Å². The molecule has 0 spiro atoms. The third-order valence-electron chi connectivity index (χ3n) is 22.9. The molecule has 0 amide bonds. The molecule has 10 N–H and O–H groups in total. The minimum absolute atomic E-state index is 0. The number of benzene rings is 5. The molecule has 11 aromatic heterocycles. The maximum absolute atomic E-state index is 13.9. The molecular formula is C85H77F26N33. The molecule has 0 saturated carbocycles. The number of aryl methyl sites for hydroxylation is 5. The number of nitrogens with two attached hydrogens (primary N) is 5. The standard InChI is InChI=1S/C18H16F6N6.C17H14F6N6.C17H16F5N7.C16H11F6N7.C16H16F3N7.CH4/c19-11-7-13(21)12(20)5-9(11)4-10(25)6-16-26-27-17-14-8-15(18(22,23)24)28-30(14)3-1-2-29(16)17;18-10-6-12(20)11(19)4-8(10)3-9(24)5-15-25-26-16-13-7-14(17(21,22)23)27-29(13)2-1-28(15)16;1-17(21,22)15-24-13-2-3-28-14(25-26-16(28)29(13)27-15)6-9(23)4-8-5-11(19)12(20)7-10(8)18;17-9-6-11(19)10(18)4-7(9)3-8(23)5-12-24-25-13-14-26-27-15(16(20,21)22)29(14)2-1-28(12)13;1-8-21-14-2-3-25-15(22-23-16(25)26(14)24-8)6-10(20)4-9-5-12(18)13(19)7-11(9)17;/h5,7-8,10H,1-4,6,25H2;4,6-7,9H,1-3,5,24H2;5,7,9H,2-4,6,23H2,1H3;1-2,4,6,8H,3,5,23H2;5,7,10H,2-4,6,20H2,1H3;1H4/t10-;2*9-;8-;10-;/m11111./s1. The highest BCUT2D eigenvalue weighted by Gasteiger charge is 2.42. The lowest BCUT2D eigenvalue weighted by Gasteiger charge is -2.18. The van der Waals surface area contributed by atoms with E-state index in [0.717, 1.165) is 58.9 Å². The molecule has 0 aliphatic carbocycles. The predicted octanol–water partition coefficient (Wildman–Crippen LogP) is 12.1. The van der Waals surface area contributed by atoms with Crippen LogP contribution in [0.4, 0.5) is 114 Å². The second-order valence-corrected chi connectivity index (χ2v) is 33.5. The summed E-state index contributed by atoms with van der Waals surface area (Å²) in [4.78, 5) is 8.20. The van der Waals surface area contributed by atoms with Crippen molar-refractivity contribution < 1.29 is 114 Å². The first-order chi connectivity index (χ1) is 67.5. The van der Waals surface area contributed by atoms with Gasteiger partial charge < -0.3 is 37.8 Å². The summed E-state index contributed by atoms with van der Waals surface area (Å²) in [5, 5.41) is 62.0. The third-order valence-corrected chi connectivity index (χ3v) is 22.9. The van der Waals surface area contributed by atoms with Gasteiger partial charge in [-0.05, 0) is 116 Å². The van der Waals surface area contributed by atoms with Crippen molar-refractivity contribution in [2.24, 2.45) is 28.7 Å². The molecule has 16 aromatic rings. The van der Waals surface area contributed by atoms with E-state index in [9.17, 15) is 114 Å². The van der Waals surface area contributed by atoms with Crippen LogP contribution in [0.15, 0.2) is 85.2 Å². The van der Waals surface area contributed by atoms with Crippen LogP contribution >= 0.6 is 0 Å². The van der Waals surface area contributed by atoms with E-state index in [4.69, 9.17) is 28.7 Å². The molecule has 15 heterocycles. The maximum atomic E-state index is 13.9. The molecule has 20 rings (SSSR count). The highest BCUT2D eigenvalue weighted by atomic mass is 19.4. The van der Waals surface area contributed by atoms with E-state index in [1.54, 1.807) is 25.3 Å². The molecule has 33 nitrogen and oxygen atoms in total. The summed E-state index contributed by atoms with van der Waals surface area (Å²) in [6.45, 7) is 4.74. The van der Waals surface area contributed by atoms with Crippen molar-refractivity contribution in [3.8, 4) is 34.9 Å². The quantitative estimate of drug-likeness (QED) is 0.0329. The van der Waals surface area contributed by atoms with Gasteiger partial charge in [-0.15, -0.1) is 71.4 Å².